The van der Waals surface area contributed by atoms with E-state index >= 15 is 0 Å². The highest BCUT2D eigenvalue weighted by atomic mass is 16.7. The van der Waals surface area contributed by atoms with Gasteiger partial charge in [0.15, 0.2) is 5.79 Å². The van der Waals surface area contributed by atoms with Gasteiger partial charge in [-0.2, -0.15) is 0 Å². The lowest BCUT2D eigenvalue weighted by atomic mass is 9.68. The maximum absolute atomic E-state index is 5.68. The Kier molecular flexibility index (Phi) is 24.1. The summed E-state index contributed by atoms with van der Waals surface area (Å²) in [5, 5.41) is 20.7. The summed E-state index contributed by atoms with van der Waals surface area (Å²) < 4.78 is 27.2. The molecule has 434 valence electrons. The molecular weight excluding hydrogens is 933 g/mol. The number of hydrogen-bond acceptors (Lipinski definition) is 11. The number of morpholine rings is 2. The van der Waals surface area contributed by atoms with Gasteiger partial charge in [0.2, 0.25) is 0 Å². The zero-order valence-electron chi connectivity index (χ0n) is 48.5. The average Bonchev–Trinajstić information content (AvgIpc) is 4.36. The molecule has 6 saturated carbocycles. The SMILES string of the molecule is C1CC2COCC1N2.C1CCC2(C1)CCNC2.C1CCC2(CC1)CCNC2.C1CCC2(CC1)CCNC2.C1CCC2(CC1)CCNCC2.C1CCC2(CC1)COC2.C1CCC2(CC1)OCCCO2.C1OC2CNC1C2. The second-order valence-corrected chi connectivity index (χ2v) is 28.0. The smallest absolute Gasteiger partial charge is 0.168 e. The van der Waals surface area contributed by atoms with E-state index in [4.69, 9.17) is 23.7 Å². The van der Waals surface area contributed by atoms with Crippen LogP contribution in [-0.4, -0.2) is 135 Å². The Hall–Kier alpha value is -0.440. The van der Waals surface area contributed by atoms with Gasteiger partial charge in [0.1, 0.15) is 0 Å². The molecule has 11 nitrogen and oxygen atoms in total. The van der Waals surface area contributed by atoms with Crippen LogP contribution in [0.3, 0.4) is 0 Å². The van der Waals surface area contributed by atoms with E-state index in [9.17, 15) is 0 Å². The molecule has 16 aliphatic rings. The molecule has 16 rings (SSSR count). The topological polar surface area (TPSA) is 118 Å². The van der Waals surface area contributed by atoms with Crippen molar-refractivity contribution >= 4 is 0 Å². The summed E-state index contributed by atoms with van der Waals surface area (Å²) in [4.78, 5) is 0. The Morgan fingerprint density at radius 2 is 0.733 bits per heavy atom. The van der Waals surface area contributed by atoms with Gasteiger partial charge in [-0.25, -0.2) is 0 Å². The first-order chi connectivity index (χ1) is 36.9. The predicted molar refractivity (Wildman–Crippen MR) is 308 cm³/mol. The predicted octanol–water partition coefficient (Wildman–Crippen LogP) is 11.7. The summed E-state index contributed by atoms with van der Waals surface area (Å²) in [7, 11) is 0. The maximum atomic E-state index is 5.68. The largest absolute Gasteiger partial charge is 0.380 e. The van der Waals surface area contributed by atoms with Crippen molar-refractivity contribution in [1.29, 1.82) is 0 Å². The second kappa shape index (κ2) is 30.6. The lowest BCUT2D eigenvalue weighted by Gasteiger charge is -2.44. The minimum absolute atomic E-state index is 0.142. The van der Waals surface area contributed by atoms with Crippen LogP contribution in [0.2, 0.25) is 0 Å². The lowest BCUT2D eigenvalue weighted by Crippen LogP contribution is -2.43. The summed E-state index contributed by atoms with van der Waals surface area (Å²) in [6, 6.07) is 2.08. The van der Waals surface area contributed by atoms with Crippen LogP contribution in [0.1, 0.15) is 244 Å². The van der Waals surface area contributed by atoms with Crippen molar-refractivity contribution in [3.05, 3.63) is 0 Å². The third-order valence-electron chi connectivity index (χ3n) is 22.1. The minimum Gasteiger partial charge on any atom is -0.380 e. The maximum Gasteiger partial charge on any atom is 0.168 e. The first kappa shape index (κ1) is 59.2. The molecule has 11 heteroatoms. The summed E-state index contributed by atoms with van der Waals surface area (Å²) in [6.45, 7) is 18.2. The average molecular weight is 1050 g/mol. The molecule has 10 heterocycles. The van der Waals surface area contributed by atoms with E-state index in [1.807, 2.05) is 0 Å². The quantitative estimate of drug-likeness (QED) is 0.139. The van der Waals surface area contributed by atoms with E-state index in [0.29, 0.717) is 29.6 Å². The Morgan fingerprint density at radius 1 is 0.333 bits per heavy atom. The third-order valence-corrected chi connectivity index (χ3v) is 22.1. The van der Waals surface area contributed by atoms with Gasteiger partial charge in [-0.3, -0.25) is 0 Å². The molecule has 75 heavy (non-hydrogen) atoms. The highest BCUT2D eigenvalue weighted by Crippen LogP contribution is 2.45. The Bertz CT molecular complexity index is 1360. The molecule has 4 unspecified atom stereocenters. The first-order valence-corrected chi connectivity index (χ1v) is 33.3. The summed E-state index contributed by atoms with van der Waals surface area (Å²) in [6.07, 6.45) is 54.6. The van der Waals surface area contributed by atoms with E-state index in [-0.39, 0.29) is 5.79 Å². The van der Waals surface area contributed by atoms with E-state index in [1.54, 1.807) is 0 Å². The molecular formula is C64H118N6O5. The van der Waals surface area contributed by atoms with Gasteiger partial charge in [0, 0.05) is 62.6 Å². The van der Waals surface area contributed by atoms with Crippen LogP contribution in [0.15, 0.2) is 0 Å². The molecule has 16 fully saturated rings. The molecule has 0 aromatic heterocycles. The van der Waals surface area contributed by atoms with Crippen molar-refractivity contribution in [1.82, 2.24) is 31.9 Å². The lowest BCUT2D eigenvalue weighted by molar-refractivity contribution is -0.279. The number of nitrogens with one attached hydrogen (secondary N) is 6. The van der Waals surface area contributed by atoms with Gasteiger partial charge < -0.3 is 55.6 Å². The molecule has 0 aromatic carbocycles. The molecule has 4 bridgehead atoms. The van der Waals surface area contributed by atoms with Crippen molar-refractivity contribution in [2.75, 3.05) is 105 Å². The van der Waals surface area contributed by atoms with Crippen LogP contribution in [-0.2, 0) is 23.7 Å². The van der Waals surface area contributed by atoms with Gasteiger partial charge >= 0.3 is 0 Å². The zero-order chi connectivity index (χ0) is 51.3. The fourth-order valence-corrected chi connectivity index (χ4v) is 16.9. The first-order valence-electron chi connectivity index (χ1n) is 33.3. The number of rotatable bonds is 0. The van der Waals surface area contributed by atoms with Crippen molar-refractivity contribution in [2.45, 2.75) is 274 Å². The van der Waals surface area contributed by atoms with Crippen LogP contribution < -0.4 is 31.9 Å². The second-order valence-electron chi connectivity index (χ2n) is 28.0. The fourth-order valence-electron chi connectivity index (χ4n) is 16.9. The molecule has 0 aromatic rings. The van der Waals surface area contributed by atoms with Crippen molar-refractivity contribution in [3.63, 3.8) is 0 Å². The van der Waals surface area contributed by atoms with Crippen LogP contribution >= 0.6 is 0 Å². The van der Waals surface area contributed by atoms with Crippen molar-refractivity contribution in [2.24, 2.45) is 27.1 Å². The number of hydrogen-bond donors (Lipinski definition) is 6. The molecule has 6 aliphatic carbocycles. The highest BCUT2D eigenvalue weighted by Gasteiger charge is 2.41. The van der Waals surface area contributed by atoms with Crippen molar-refractivity contribution < 1.29 is 23.7 Å². The molecule has 4 atom stereocenters. The minimum atomic E-state index is -0.142. The Labute approximate surface area is 460 Å². The number of fused-ring (bicyclic) bond motifs is 4. The standard InChI is InChI=1S/C10H19N.2C9H17N.C9H16O2.C8H15N.C8H14O.C6H11NO.C5H9NO/c1-2-4-10(5-3-1)6-8-11-9-7-10;2*1-2-4-9(5-3-1)6-7-10-8-9;1-2-5-9(6-3-1)10-7-4-8-11-9;1-2-4-8(3-1)5-6-9-7-8;1-2-4-8(5-3-1)6-9-7-8;1-2-6-4-8-3-5(1)7-6;1-4-3-7-5(1)2-6-4/h11H,1-9H2;2*10H,1-8H2;1-8H2;9H,1-7H2;1-7H2;5-7H,1-4H2;4-6H,1-3H2. The fraction of sp³-hybridized carbons (Fsp3) is 1.00. The third kappa shape index (κ3) is 18.5. The van der Waals surface area contributed by atoms with Crippen LogP contribution in [0.4, 0.5) is 0 Å². The normalized spacial score (nSPS) is 34.2. The van der Waals surface area contributed by atoms with Crippen LogP contribution in [0, 0.1) is 27.1 Å². The van der Waals surface area contributed by atoms with E-state index in [0.717, 1.165) is 93.7 Å². The van der Waals surface area contributed by atoms with E-state index in [2.05, 4.69) is 31.9 Å². The summed E-state index contributed by atoms with van der Waals surface area (Å²) in [5.74, 6) is -0.142. The number of ether oxygens (including phenoxy) is 5. The van der Waals surface area contributed by atoms with E-state index < -0.39 is 0 Å². The summed E-state index contributed by atoms with van der Waals surface area (Å²) in [5.41, 5.74) is 3.78. The molecule has 6 spiro atoms. The monoisotopic (exact) mass is 1050 g/mol. The van der Waals surface area contributed by atoms with Crippen LogP contribution in [0.25, 0.3) is 0 Å². The van der Waals surface area contributed by atoms with Gasteiger partial charge in [-0.15, -0.1) is 0 Å². The van der Waals surface area contributed by atoms with Crippen LogP contribution in [0.5, 0.6) is 0 Å². The molecule has 10 saturated heterocycles. The molecule has 10 aliphatic heterocycles. The Balaban J connectivity index is 0.000000105. The molecule has 6 N–H and O–H groups in total. The van der Waals surface area contributed by atoms with E-state index in [1.165, 1.54) is 277 Å². The number of piperidine rings is 1. The van der Waals surface area contributed by atoms with Gasteiger partial charge in [0.25, 0.3) is 0 Å². The van der Waals surface area contributed by atoms with Gasteiger partial charge in [0.05, 0.1) is 52.4 Å². The van der Waals surface area contributed by atoms with Gasteiger partial charge in [-0.1, -0.05) is 96.3 Å². The zero-order valence-corrected chi connectivity index (χ0v) is 48.5. The molecule has 0 amide bonds. The summed E-state index contributed by atoms with van der Waals surface area (Å²) >= 11 is 0. The van der Waals surface area contributed by atoms with Gasteiger partial charge in [-0.05, 0) is 189 Å². The highest BCUT2D eigenvalue weighted by molar-refractivity contribution is 4.94. The molecule has 0 radical (unpaired) electrons. The van der Waals surface area contributed by atoms with Crippen molar-refractivity contribution in [3.8, 4) is 0 Å². The Morgan fingerprint density at radius 3 is 1.05 bits per heavy atom.